The molecule has 0 aliphatic carbocycles. The molecule has 1 N–H and O–H groups in total. The molecule has 18 heavy (non-hydrogen) atoms. The van der Waals surface area contributed by atoms with Crippen molar-refractivity contribution in [3.05, 3.63) is 24.0 Å². The maximum atomic E-state index is 9.67. The lowest BCUT2D eigenvalue weighted by Crippen LogP contribution is -2.24. The van der Waals surface area contributed by atoms with Gasteiger partial charge in [0.05, 0.1) is 6.04 Å². The third-order valence-electron chi connectivity index (χ3n) is 2.28. The molecule has 1 atom stereocenters. The maximum Gasteiger partial charge on any atom is 0.144 e. The number of nitrogens with zero attached hydrogens (tertiary/aromatic N) is 3. The van der Waals surface area contributed by atoms with Gasteiger partial charge in [0.1, 0.15) is 23.3 Å². The fraction of sp³-hybridized carbons (Fsp3) is 0.417. The van der Waals surface area contributed by atoms with E-state index in [-0.39, 0.29) is 5.75 Å². The molecule has 0 unspecified atom stereocenters. The minimum atomic E-state index is 0.208. The summed E-state index contributed by atoms with van der Waals surface area (Å²) in [5.74, 6) is 1.17. The van der Waals surface area contributed by atoms with E-state index in [0.29, 0.717) is 11.7 Å². The lowest BCUT2D eigenvalue weighted by Gasteiger charge is -2.12. The number of carbonyl (C=O) groups excluding carboxylic acids is 1. The van der Waals surface area contributed by atoms with Crippen molar-refractivity contribution in [1.29, 1.82) is 0 Å². The number of thioether (sulfide) groups is 1. The van der Waals surface area contributed by atoms with Crippen molar-refractivity contribution in [3.63, 3.8) is 0 Å². The summed E-state index contributed by atoms with van der Waals surface area (Å²) in [6, 6.07) is 3.66. The molecule has 6 heteroatoms. The zero-order chi connectivity index (χ0) is 13.5. The summed E-state index contributed by atoms with van der Waals surface area (Å²) in [7, 11) is 4.08. The monoisotopic (exact) mass is 267 g/mol. The zero-order valence-corrected chi connectivity index (χ0v) is 11.4. The summed E-state index contributed by atoms with van der Waals surface area (Å²) in [4.78, 5) is 18.9. The van der Waals surface area contributed by atoms with Crippen molar-refractivity contribution < 1.29 is 9.90 Å². The van der Waals surface area contributed by atoms with Crippen LogP contribution < -0.4 is 0 Å². The second-order valence-corrected chi connectivity index (χ2v) is 5.04. The van der Waals surface area contributed by atoms with Crippen LogP contribution in [0.4, 0.5) is 0 Å². The van der Waals surface area contributed by atoms with Gasteiger partial charge in [0.15, 0.2) is 0 Å². The van der Waals surface area contributed by atoms with Gasteiger partial charge in [-0.15, -0.1) is 11.8 Å². The van der Waals surface area contributed by atoms with E-state index in [0.717, 1.165) is 17.3 Å². The van der Waals surface area contributed by atoms with Crippen LogP contribution in [0.15, 0.2) is 23.3 Å². The Kier molecular flexibility index (Phi) is 5.80. The van der Waals surface area contributed by atoms with Crippen molar-refractivity contribution in [2.75, 3.05) is 26.4 Å². The molecule has 1 aromatic rings. The summed E-state index contributed by atoms with van der Waals surface area (Å²) in [5.41, 5.74) is 0.605. The van der Waals surface area contributed by atoms with Crippen LogP contribution in [-0.2, 0) is 4.79 Å². The maximum absolute atomic E-state index is 9.67. The Balaban J connectivity index is 0.000000771. The lowest BCUT2D eigenvalue weighted by atomic mass is 10.3. The third kappa shape index (κ3) is 3.82. The predicted octanol–water partition coefficient (Wildman–Crippen LogP) is 1.03. The average Bonchev–Trinajstić information content (AvgIpc) is 2.79. The van der Waals surface area contributed by atoms with E-state index in [9.17, 15) is 5.11 Å². The summed E-state index contributed by atoms with van der Waals surface area (Å²) in [6.07, 6.45) is 1.68. The van der Waals surface area contributed by atoms with E-state index >= 15 is 0 Å². The molecule has 0 saturated heterocycles. The average molecular weight is 267 g/mol. The fourth-order valence-corrected chi connectivity index (χ4v) is 2.67. The third-order valence-corrected chi connectivity index (χ3v) is 3.40. The molecule has 0 bridgehead atoms. The van der Waals surface area contributed by atoms with Gasteiger partial charge in [-0.3, -0.25) is 9.98 Å². The van der Waals surface area contributed by atoms with Gasteiger partial charge >= 0.3 is 0 Å². The minimum Gasteiger partial charge on any atom is -0.506 e. The molecule has 1 aromatic heterocycles. The highest BCUT2D eigenvalue weighted by Gasteiger charge is 2.22. The van der Waals surface area contributed by atoms with Crippen LogP contribution in [0.3, 0.4) is 0 Å². The molecule has 1 aliphatic heterocycles. The Morgan fingerprint density at radius 2 is 2.28 bits per heavy atom. The number of pyridine rings is 1. The molecule has 1 aliphatic rings. The van der Waals surface area contributed by atoms with Gasteiger partial charge in [-0.1, -0.05) is 0 Å². The van der Waals surface area contributed by atoms with Crippen LogP contribution in [0.2, 0.25) is 0 Å². The quantitative estimate of drug-likeness (QED) is 0.886. The normalized spacial score (nSPS) is 18.2. The topological polar surface area (TPSA) is 65.8 Å². The largest absolute Gasteiger partial charge is 0.506 e. The number of rotatable bonds is 3. The number of aliphatic imine (C=N–C) groups is 1. The first-order chi connectivity index (χ1) is 8.66. The molecular formula is C12H17N3O2S. The highest BCUT2D eigenvalue weighted by atomic mass is 32.2. The molecule has 0 saturated carbocycles. The molecule has 2 heterocycles. The van der Waals surface area contributed by atoms with Crippen molar-refractivity contribution in [2.24, 2.45) is 4.99 Å². The van der Waals surface area contributed by atoms with E-state index in [1.54, 1.807) is 30.1 Å². The van der Waals surface area contributed by atoms with E-state index < -0.39 is 0 Å². The number of likely N-dealkylation sites (N-methyl/N-ethyl adjacent to an activating group) is 1. The van der Waals surface area contributed by atoms with Gasteiger partial charge in [-0.25, -0.2) is 0 Å². The Labute approximate surface area is 111 Å². The summed E-state index contributed by atoms with van der Waals surface area (Å²) >= 11 is 1.66. The molecule has 5 nitrogen and oxygen atoms in total. The van der Waals surface area contributed by atoms with Crippen molar-refractivity contribution in [3.8, 4) is 5.75 Å². The Hall–Kier alpha value is -1.40. The summed E-state index contributed by atoms with van der Waals surface area (Å²) < 4.78 is 0. The van der Waals surface area contributed by atoms with Gasteiger partial charge in [-0.2, -0.15) is 0 Å². The van der Waals surface area contributed by atoms with E-state index in [4.69, 9.17) is 4.79 Å². The van der Waals surface area contributed by atoms with Crippen LogP contribution in [0.1, 0.15) is 5.69 Å². The molecule has 0 fully saturated rings. The van der Waals surface area contributed by atoms with Crippen molar-refractivity contribution >= 4 is 23.6 Å². The Bertz CT molecular complexity index is 424. The van der Waals surface area contributed by atoms with Crippen molar-refractivity contribution in [2.45, 2.75) is 6.04 Å². The van der Waals surface area contributed by atoms with Crippen LogP contribution in [0.25, 0.3) is 0 Å². The number of aromatic hydroxyl groups is 1. The highest BCUT2D eigenvalue weighted by molar-refractivity contribution is 8.14. The van der Waals surface area contributed by atoms with E-state index in [1.165, 1.54) is 0 Å². The molecular weight excluding hydrogens is 250 g/mol. The minimum absolute atomic E-state index is 0.208. The zero-order valence-electron chi connectivity index (χ0n) is 10.5. The van der Waals surface area contributed by atoms with E-state index in [2.05, 4.69) is 14.9 Å². The molecule has 0 spiro atoms. The first-order valence-electron chi connectivity index (χ1n) is 5.45. The standard InChI is InChI=1S/C11H15N3OS.CH2O/c1-14(2)6-8-7-16-11(13-8)10-9(15)4-3-5-12-10;1-2/h3-5,8,15H,6-7H2,1-2H3;1H2/t8-;/m0./s1. The van der Waals surface area contributed by atoms with Crippen LogP contribution >= 0.6 is 11.8 Å². The van der Waals surface area contributed by atoms with Crippen LogP contribution in [-0.4, -0.2) is 59.3 Å². The molecule has 0 amide bonds. The molecule has 0 aromatic carbocycles. The van der Waals surface area contributed by atoms with Gasteiger partial charge in [-0.05, 0) is 26.2 Å². The second kappa shape index (κ2) is 7.13. The van der Waals surface area contributed by atoms with Crippen molar-refractivity contribution in [1.82, 2.24) is 9.88 Å². The molecule has 0 radical (unpaired) electrons. The van der Waals surface area contributed by atoms with Gasteiger partial charge in [0.2, 0.25) is 0 Å². The first-order valence-corrected chi connectivity index (χ1v) is 6.44. The lowest BCUT2D eigenvalue weighted by molar-refractivity contribution is -0.0979. The molecule has 2 rings (SSSR count). The first kappa shape index (κ1) is 14.7. The Morgan fingerprint density at radius 3 is 2.89 bits per heavy atom. The smallest absolute Gasteiger partial charge is 0.144 e. The van der Waals surface area contributed by atoms with Gasteiger partial charge in [0, 0.05) is 18.5 Å². The number of hydrogen-bond donors (Lipinski definition) is 1. The summed E-state index contributed by atoms with van der Waals surface area (Å²) in [5, 5.41) is 10.5. The van der Waals surface area contributed by atoms with Crippen LogP contribution in [0.5, 0.6) is 5.75 Å². The number of hydrogen-bond acceptors (Lipinski definition) is 6. The van der Waals surface area contributed by atoms with Gasteiger partial charge in [0.25, 0.3) is 0 Å². The highest BCUT2D eigenvalue weighted by Crippen LogP contribution is 2.26. The molecule has 98 valence electrons. The Morgan fingerprint density at radius 1 is 1.56 bits per heavy atom. The second-order valence-electron chi connectivity index (χ2n) is 4.03. The number of aromatic nitrogens is 1. The van der Waals surface area contributed by atoms with Gasteiger partial charge < -0.3 is 14.8 Å². The summed E-state index contributed by atoms with van der Waals surface area (Å²) in [6.45, 7) is 2.93. The number of carbonyl (C=O) groups is 1. The fourth-order valence-electron chi connectivity index (χ4n) is 1.62. The predicted molar refractivity (Wildman–Crippen MR) is 74.4 cm³/mol. The SMILES string of the molecule is C=O.CN(C)C[C@H]1CSC(c2ncccc2O)=N1. The van der Waals surface area contributed by atoms with Crippen LogP contribution in [0, 0.1) is 0 Å². The van der Waals surface area contributed by atoms with E-state index in [1.807, 2.05) is 20.9 Å².